The predicted octanol–water partition coefficient (Wildman–Crippen LogP) is 1.42. The molecule has 0 radical (unpaired) electrons. The molecule has 2 heteroatoms. The van der Waals surface area contributed by atoms with E-state index in [1.54, 1.807) is 6.20 Å². The van der Waals surface area contributed by atoms with Crippen LogP contribution in [0.5, 0.6) is 0 Å². The quantitative estimate of drug-likeness (QED) is 0.577. The molecule has 0 unspecified atom stereocenters. The lowest BCUT2D eigenvalue weighted by molar-refractivity contribution is 0.823. The fourth-order valence-electron chi connectivity index (χ4n) is 1.50. The van der Waals surface area contributed by atoms with Crippen molar-refractivity contribution in [2.45, 2.75) is 12.8 Å². The largest absolute Gasteiger partial charge is 0.384 e. The molecular weight excluding hydrogens is 148 g/mol. The summed E-state index contributed by atoms with van der Waals surface area (Å²) in [6, 6.07) is 0. The number of pyridine rings is 1. The molecule has 1 aromatic rings. The van der Waals surface area contributed by atoms with E-state index in [1.165, 1.54) is 12.0 Å². The van der Waals surface area contributed by atoms with Crippen molar-refractivity contribution >= 4 is 5.69 Å². The third kappa shape index (κ3) is 1.04. The monoisotopic (exact) mass is 158 g/mol. The lowest BCUT2D eigenvalue weighted by Crippen LogP contribution is -2.13. The maximum atomic E-state index is 5.34. The molecule has 0 saturated carbocycles. The molecule has 1 N–H and O–H groups in total. The van der Waals surface area contributed by atoms with E-state index in [4.69, 9.17) is 6.42 Å². The molecule has 1 aliphatic heterocycles. The minimum absolute atomic E-state index is 0.882. The number of rotatable bonds is 0. The van der Waals surface area contributed by atoms with Gasteiger partial charge in [-0.1, -0.05) is 5.92 Å². The van der Waals surface area contributed by atoms with Crippen LogP contribution in [-0.4, -0.2) is 11.5 Å². The number of nitrogens with zero attached hydrogens (tertiary/aromatic N) is 1. The van der Waals surface area contributed by atoms with Crippen LogP contribution in [0.25, 0.3) is 0 Å². The zero-order valence-corrected chi connectivity index (χ0v) is 6.80. The van der Waals surface area contributed by atoms with E-state index in [0.29, 0.717) is 0 Å². The van der Waals surface area contributed by atoms with Crippen molar-refractivity contribution in [2.24, 2.45) is 0 Å². The summed E-state index contributed by atoms with van der Waals surface area (Å²) in [5, 5.41) is 3.30. The van der Waals surface area contributed by atoms with Gasteiger partial charge in [0.05, 0.1) is 11.3 Å². The molecule has 12 heavy (non-hydrogen) atoms. The van der Waals surface area contributed by atoms with Crippen molar-refractivity contribution in [3.63, 3.8) is 0 Å². The second-order valence-corrected chi connectivity index (χ2v) is 2.90. The van der Waals surface area contributed by atoms with Crippen molar-refractivity contribution in [2.75, 3.05) is 11.9 Å². The van der Waals surface area contributed by atoms with Crippen LogP contribution in [-0.2, 0) is 6.42 Å². The summed E-state index contributed by atoms with van der Waals surface area (Å²) in [7, 11) is 0. The Kier molecular flexibility index (Phi) is 1.71. The van der Waals surface area contributed by atoms with Gasteiger partial charge in [0, 0.05) is 18.9 Å². The molecule has 1 aliphatic rings. The van der Waals surface area contributed by atoms with Crippen molar-refractivity contribution in [3.8, 4) is 12.3 Å². The SMILES string of the molecule is C#Cc1cncc2c1NCCC2. The van der Waals surface area contributed by atoms with Gasteiger partial charge < -0.3 is 5.32 Å². The summed E-state index contributed by atoms with van der Waals surface area (Å²) in [5.74, 6) is 2.63. The van der Waals surface area contributed by atoms with Crippen LogP contribution in [0.1, 0.15) is 17.5 Å². The van der Waals surface area contributed by atoms with Crippen LogP contribution in [0.4, 0.5) is 5.69 Å². The topological polar surface area (TPSA) is 24.9 Å². The Hall–Kier alpha value is -1.49. The Balaban J connectivity index is 2.53. The van der Waals surface area contributed by atoms with Crippen LogP contribution in [0.2, 0.25) is 0 Å². The number of fused-ring (bicyclic) bond motifs is 1. The highest BCUT2D eigenvalue weighted by Gasteiger charge is 2.10. The van der Waals surface area contributed by atoms with Crippen molar-refractivity contribution < 1.29 is 0 Å². The van der Waals surface area contributed by atoms with E-state index < -0.39 is 0 Å². The highest BCUT2D eigenvalue weighted by molar-refractivity contribution is 5.63. The predicted molar refractivity (Wildman–Crippen MR) is 49.0 cm³/mol. The van der Waals surface area contributed by atoms with Crippen molar-refractivity contribution in [1.29, 1.82) is 0 Å². The summed E-state index contributed by atoms with van der Waals surface area (Å²) in [5.41, 5.74) is 3.24. The lowest BCUT2D eigenvalue weighted by Gasteiger charge is -2.18. The summed E-state index contributed by atoms with van der Waals surface area (Å²) < 4.78 is 0. The average Bonchev–Trinajstić information content (AvgIpc) is 2.17. The molecule has 0 atom stereocenters. The van der Waals surface area contributed by atoms with Crippen LogP contribution < -0.4 is 5.32 Å². The molecule has 2 nitrogen and oxygen atoms in total. The van der Waals surface area contributed by atoms with Crippen molar-refractivity contribution in [1.82, 2.24) is 4.98 Å². The van der Waals surface area contributed by atoms with E-state index in [2.05, 4.69) is 16.2 Å². The molecule has 2 rings (SSSR count). The first kappa shape index (κ1) is 7.17. The molecule has 0 bridgehead atoms. The van der Waals surface area contributed by atoms with Gasteiger partial charge in [0.15, 0.2) is 0 Å². The third-order valence-corrected chi connectivity index (χ3v) is 2.10. The Morgan fingerprint density at radius 3 is 3.25 bits per heavy atom. The summed E-state index contributed by atoms with van der Waals surface area (Å²) in [4.78, 5) is 4.09. The van der Waals surface area contributed by atoms with Crippen molar-refractivity contribution in [3.05, 3.63) is 23.5 Å². The van der Waals surface area contributed by atoms with Gasteiger partial charge in [-0.05, 0) is 18.4 Å². The van der Waals surface area contributed by atoms with E-state index in [0.717, 1.165) is 24.2 Å². The minimum atomic E-state index is 0.882. The van der Waals surface area contributed by atoms with Gasteiger partial charge in [0.25, 0.3) is 0 Å². The number of hydrogen-bond donors (Lipinski definition) is 1. The molecular formula is C10H10N2. The van der Waals surface area contributed by atoms with Gasteiger partial charge in [0.2, 0.25) is 0 Å². The molecule has 0 spiro atoms. The first-order chi connectivity index (χ1) is 5.92. The van der Waals surface area contributed by atoms with Crippen LogP contribution >= 0.6 is 0 Å². The average molecular weight is 158 g/mol. The van der Waals surface area contributed by atoms with Gasteiger partial charge in [-0.2, -0.15) is 0 Å². The maximum absolute atomic E-state index is 5.34. The molecule has 2 heterocycles. The highest BCUT2D eigenvalue weighted by atomic mass is 14.9. The zero-order chi connectivity index (χ0) is 8.39. The second kappa shape index (κ2) is 2.86. The zero-order valence-electron chi connectivity index (χ0n) is 6.80. The van der Waals surface area contributed by atoms with Gasteiger partial charge in [-0.25, -0.2) is 0 Å². The number of hydrogen-bond acceptors (Lipinski definition) is 2. The molecule has 0 aliphatic carbocycles. The summed E-state index contributed by atoms with van der Waals surface area (Å²) in [6.07, 6.45) is 11.2. The highest BCUT2D eigenvalue weighted by Crippen LogP contribution is 2.23. The van der Waals surface area contributed by atoms with Crippen LogP contribution in [0, 0.1) is 12.3 Å². The Morgan fingerprint density at radius 2 is 2.42 bits per heavy atom. The number of nitrogens with one attached hydrogen (secondary N) is 1. The van der Waals surface area contributed by atoms with Gasteiger partial charge in [-0.15, -0.1) is 6.42 Å². The standard InChI is InChI=1S/C10H10N2/c1-2-8-6-11-7-9-4-3-5-12-10(8)9/h1,6-7,12H,3-5H2. The third-order valence-electron chi connectivity index (χ3n) is 2.10. The number of aryl methyl sites for hydroxylation is 1. The molecule has 0 saturated heterocycles. The van der Waals surface area contributed by atoms with Gasteiger partial charge in [0.1, 0.15) is 0 Å². The normalized spacial score (nSPS) is 14.2. The molecule has 0 amide bonds. The van der Waals surface area contributed by atoms with Gasteiger partial charge >= 0.3 is 0 Å². The molecule has 0 fully saturated rings. The Morgan fingerprint density at radius 1 is 1.50 bits per heavy atom. The smallest absolute Gasteiger partial charge is 0.0660 e. The lowest BCUT2D eigenvalue weighted by atomic mass is 10.0. The van der Waals surface area contributed by atoms with E-state index >= 15 is 0 Å². The van der Waals surface area contributed by atoms with E-state index in [1.807, 2.05) is 6.20 Å². The fourth-order valence-corrected chi connectivity index (χ4v) is 1.50. The minimum Gasteiger partial charge on any atom is -0.384 e. The molecule has 1 aromatic heterocycles. The second-order valence-electron chi connectivity index (χ2n) is 2.90. The van der Waals surface area contributed by atoms with Gasteiger partial charge in [-0.3, -0.25) is 4.98 Å². The van der Waals surface area contributed by atoms with Crippen LogP contribution in [0.15, 0.2) is 12.4 Å². The number of anilines is 1. The first-order valence-corrected chi connectivity index (χ1v) is 4.09. The van der Waals surface area contributed by atoms with E-state index in [9.17, 15) is 0 Å². The first-order valence-electron chi connectivity index (χ1n) is 4.09. The molecule has 0 aromatic carbocycles. The number of aromatic nitrogens is 1. The molecule has 60 valence electrons. The Bertz CT molecular complexity index is 336. The summed E-state index contributed by atoms with van der Waals surface area (Å²) >= 11 is 0. The fraction of sp³-hybridized carbons (Fsp3) is 0.300. The Labute approximate surface area is 72.0 Å². The van der Waals surface area contributed by atoms with E-state index in [-0.39, 0.29) is 0 Å². The van der Waals surface area contributed by atoms with Crippen LogP contribution in [0.3, 0.4) is 0 Å². The number of terminal acetylenes is 1. The summed E-state index contributed by atoms with van der Waals surface area (Å²) in [6.45, 7) is 1.02. The maximum Gasteiger partial charge on any atom is 0.0660 e.